The number of carboxylic acid groups (broad SMARTS) is 1. The number of aliphatic hydroxyl groups is 5. The predicted molar refractivity (Wildman–Crippen MR) is 229 cm³/mol. The first-order valence-corrected chi connectivity index (χ1v) is 23.9. The molecule has 0 radical (unpaired) electrons. The number of hydrogen-bond donors (Lipinski definition) is 9. The van der Waals surface area contributed by atoms with Crippen LogP contribution in [0.5, 0.6) is 5.75 Å². The molecule has 0 bridgehead atoms. The van der Waals surface area contributed by atoms with Crippen LogP contribution in [0.4, 0.5) is 26.3 Å². The highest BCUT2D eigenvalue weighted by molar-refractivity contribution is 7.91. The summed E-state index contributed by atoms with van der Waals surface area (Å²) in [4.78, 5) is 39.0. The Morgan fingerprint density at radius 1 is 0.833 bits per heavy atom. The monoisotopic (exact) mass is 988 g/mol. The molecule has 0 unspecified atom stereocenters. The summed E-state index contributed by atoms with van der Waals surface area (Å²) >= 11 is 1.34. The number of rotatable bonds is 25. The van der Waals surface area contributed by atoms with Crippen LogP contribution in [0.15, 0.2) is 30.3 Å². The highest BCUT2D eigenvalue weighted by atomic mass is 32.2. The molecule has 0 aliphatic carbocycles. The van der Waals surface area contributed by atoms with Gasteiger partial charge in [0.1, 0.15) is 34.9 Å². The van der Waals surface area contributed by atoms with Gasteiger partial charge in [-0.25, -0.2) is 31.4 Å². The SMILES string of the molecule is N[C@@H](CC(=O)NC1(c2nc3ccc(OCCCCCCCCCCCC(=O)NC[C@H](O)[C@@H](O)[C@@H](O)[C@H](O)CO)cc3s2)CCS(=O)(=O)CC1)Cc1cc(F)c(F)cc1F.O=C(O)C(F)(F)F. The van der Waals surface area contributed by atoms with Gasteiger partial charge >= 0.3 is 12.1 Å². The molecule has 1 saturated heterocycles. The van der Waals surface area contributed by atoms with Crippen molar-refractivity contribution >= 4 is 49.2 Å². The number of halogens is 6. The lowest BCUT2D eigenvalue weighted by Gasteiger charge is -2.36. The second-order valence-corrected chi connectivity index (χ2v) is 19.5. The first-order valence-electron chi connectivity index (χ1n) is 21.3. The molecule has 5 atom stereocenters. The van der Waals surface area contributed by atoms with Gasteiger partial charge in [-0.05, 0) is 61.9 Å². The second-order valence-electron chi connectivity index (χ2n) is 16.1. The van der Waals surface area contributed by atoms with Crippen molar-refractivity contribution in [1.82, 2.24) is 15.6 Å². The molecule has 372 valence electrons. The topological polar surface area (TPSA) is 279 Å². The van der Waals surface area contributed by atoms with E-state index in [9.17, 15) is 64.8 Å². The van der Waals surface area contributed by atoms with Gasteiger partial charge in [-0.15, -0.1) is 11.3 Å². The molecule has 66 heavy (non-hydrogen) atoms. The molecule has 1 aromatic heterocycles. The molecule has 0 spiro atoms. The van der Waals surface area contributed by atoms with Gasteiger partial charge in [0, 0.05) is 31.5 Å². The third-order valence-corrected chi connectivity index (χ3v) is 13.6. The van der Waals surface area contributed by atoms with Gasteiger partial charge in [-0.2, -0.15) is 13.2 Å². The summed E-state index contributed by atoms with van der Waals surface area (Å²) in [6.07, 6.45) is -3.01. The summed E-state index contributed by atoms with van der Waals surface area (Å²) in [6, 6.07) is 5.73. The number of thiazole rings is 1. The maximum Gasteiger partial charge on any atom is 0.490 e. The summed E-state index contributed by atoms with van der Waals surface area (Å²) < 4.78 is 105. The van der Waals surface area contributed by atoms with Crippen molar-refractivity contribution in [1.29, 1.82) is 0 Å². The number of carboxylic acids is 1. The van der Waals surface area contributed by atoms with Crippen molar-refractivity contribution in [2.45, 2.75) is 132 Å². The van der Waals surface area contributed by atoms with Gasteiger partial charge in [0.25, 0.3) is 0 Å². The van der Waals surface area contributed by atoms with Crippen LogP contribution in [0.25, 0.3) is 10.2 Å². The molecule has 10 N–H and O–H groups in total. The molecule has 0 saturated carbocycles. The Hall–Kier alpha value is -4.17. The van der Waals surface area contributed by atoms with E-state index >= 15 is 0 Å². The van der Waals surface area contributed by atoms with E-state index in [0.29, 0.717) is 35.4 Å². The van der Waals surface area contributed by atoms with E-state index < -0.39 is 87.9 Å². The summed E-state index contributed by atoms with van der Waals surface area (Å²) in [5.41, 5.74) is 5.54. The van der Waals surface area contributed by atoms with Gasteiger partial charge in [0.15, 0.2) is 21.5 Å². The van der Waals surface area contributed by atoms with Crippen molar-refractivity contribution in [2.24, 2.45) is 5.73 Å². The van der Waals surface area contributed by atoms with Crippen molar-refractivity contribution in [3.8, 4) is 5.75 Å². The minimum atomic E-state index is -5.08. The average Bonchev–Trinajstić information content (AvgIpc) is 3.69. The fourth-order valence-corrected chi connectivity index (χ4v) is 9.63. The number of aliphatic carboxylic acids is 1. The highest BCUT2D eigenvalue weighted by Crippen LogP contribution is 2.39. The van der Waals surface area contributed by atoms with E-state index in [1.165, 1.54) is 11.3 Å². The number of unbranched alkanes of at least 4 members (excludes halogenated alkanes) is 8. The number of alkyl halides is 3. The zero-order chi connectivity index (χ0) is 49.2. The molecule has 1 aliphatic rings. The number of nitrogens with two attached hydrogens (primary N) is 1. The number of aromatic nitrogens is 1. The number of aliphatic hydroxyl groups excluding tert-OH is 5. The minimum Gasteiger partial charge on any atom is -0.494 e. The van der Waals surface area contributed by atoms with Crippen LogP contribution in [0.3, 0.4) is 0 Å². The van der Waals surface area contributed by atoms with Crippen LogP contribution in [0, 0.1) is 17.5 Å². The fourth-order valence-electron chi connectivity index (χ4n) is 6.91. The molecule has 16 nitrogen and oxygen atoms in total. The molecule has 24 heteroatoms. The Kier molecular flexibility index (Phi) is 22.5. The number of nitrogens with zero attached hydrogens (tertiary/aromatic N) is 1. The van der Waals surface area contributed by atoms with Crippen LogP contribution in [-0.4, -0.2) is 130 Å². The summed E-state index contributed by atoms with van der Waals surface area (Å²) in [5.74, 6) is -6.71. The zero-order valence-electron chi connectivity index (χ0n) is 36.0. The maximum atomic E-state index is 14.2. The molecule has 1 aliphatic heterocycles. The van der Waals surface area contributed by atoms with E-state index in [-0.39, 0.29) is 61.6 Å². The lowest BCUT2D eigenvalue weighted by Crippen LogP contribution is -2.51. The number of carbonyl (C=O) groups excluding carboxylic acids is 2. The Morgan fingerprint density at radius 3 is 1.98 bits per heavy atom. The van der Waals surface area contributed by atoms with E-state index in [1.54, 1.807) is 0 Å². The van der Waals surface area contributed by atoms with Crippen molar-refractivity contribution in [3.05, 3.63) is 58.4 Å². The zero-order valence-corrected chi connectivity index (χ0v) is 37.6. The van der Waals surface area contributed by atoms with Gasteiger partial charge in [0.05, 0.1) is 46.6 Å². The van der Waals surface area contributed by atoms with E-state index in [2.05, 4.69) is 10.6 Å². The highest BCUT2D eigenvalue weighted by Gasteiger charge is 2.43. The minimum absolute atomic E-state index is 0.102. The van der Waals surface area contributed by atoms with Crippen molar-refractivity contribution < 1.29 is 84.5 Å². The van der Waals surface area contributed by atoms with Crippen LogP contribution in [-0.2, 0) is 36.2 Å². The normalized spacial score (nSPS) is 16.8. The molecule has 2 aromatic carbocycles. The van der Waals surface area contributed by atoms with E-state index in [1.807, 2.05) is 18.2 Å². The molecular formula is C42H58F6N4O12S2. The van der Waals surface area contributed by atoms with Gasteiger partial charge in [0.2, 0.25) is 11.8 Å². The van der Waals surface area contributed by atoms with Gasteiger partial charge < -0.3 is 51.7 Å². The third-order valence-electron chi connectivity index (χ3n) is 10.7. The Balaban J connectivity index is 0.00000152. The number of fused-ring (bicyclic) bond motifs is 1. The predicted octanol–water partition coefficient (Wildman–Crippen LogP) is 3.66. The van der Waals surface area contributed by atoms with Crippen LogP contribution in [0.2, 0.25) is 0 Å². The number of benzene rings is 2. The number of amides is 2. The average molecular weight is 989 g/mol. The third kappa shape index (κ3) is 18.5. The fraction of sp³-hybridized carbons (Fsp3) is 0.619. The molecule has 1 fully saturated rings. The van der Waals surface area contributed by atoms with Crippen LogP contribution < -0.4 is 21.1 Å². The maximum absolute atomic E-state index is 14.2. The smallest absolute Gasteiger partial charge is 0.490 e. The molecular weight excluding hydrogens is 931 g/mol. The number of hydrogen-bond acceptors (Lipinski definition) is 14. The quantitative estimate of drug-likeness (QED) is 0.0333. The Labute approximate surface area is 381 Å². The second kappa shape index (κ2) is 26.4. The molecule has 4 rings (SSSR count). The van der Waals surface area contributed by atoms with Crippen LogP contribution >= 0.6 is 11.3 Å². The van der Waals surface area contributed by atoms with Gasteiger partial charge in [-0.1, -0.05) is 44.9 Å². The first-order chi connectivity index (χ1) is 31.0. The molecule has 3 aromatic rings. The molecule has 2 heterocycles. The summed E-state index contributed by atoms with van der Waals surface area (Å²) in [7, 11) is -3.31. The number of nitrogens with one attached hydrogen (secondary N) is 2. The number of sulfone groups is 1. The summed E-state index contributed by atoms with van der Waals surface area (Å²) in [5, 5.41) is 60.7. The largest absolute Gasteiger partial charge is 0.494 e. The first kappa shape index (κ1) is 56.2. The Bertz CT molecular complexity index is 2140. The Morgan fingerprint density at radius 2 is 1.39 bits per heavy atom. The lowest BCUT2D eigenvalue weighted by atomic mass is 9.92. The van der Waals surface area contributed by atoms with Crippen molar-refractivity contribution in [3.63, 3.8) is 0 Å². The van der Waals surface area contributed by atoms with E-state index in [0.717, 1.165) is 62.1 Å². The number of ether oxygens (including phenoxy) is 1. The lowest BCUT2D eigenvalue weighted by molar-refractivity contribution is -0.192. The molecule has 2 amide bonds. The van der Waals surface area contributed by atoms with Crippen LogP contribution in [0.1, 0.15) is 94.0 Å². The van der Waals surface area contributed by atoms with E-state index in [4.69, 9.17) is 30.5 Å². The number of carbonyl (C=O) groups is 3. The standard InChI is InChI=1S/C40H57F3N4O10S2.C2HF3O2/c41-28-22-30(43)29(42)19-25(28)18-26(44)20-36(52)47-40(13-16-59(55,56)17-14-40)39-46-31-12-11-27(21-34(31)58-39)57-15-9-7-5-3-1-2-4-6-8-10-35(51)45-23-32(49)37(53)38(54)33(50)24-48;3-2(4,5)1(6)7/h11-12,19,21-22,26,32-33,37-38,48-50,53-54H,1-10,13-18,20,23-24,44H2,(H,45,51)(H,47,52);(H,6,7)/t26-,32+,33-,37-,38+;/m1./s1. The van der Waals surface area contributed by atoms with Crippen molar-refractivity contribution in [2.75, 3.05) is 31.3 Å². The van der Waals surface area contributed by atoms with Gasteiger partial charge in [-0.3, -0.25) is 9.59 Å². The summed E-state index contributed by atoms with van der Waals surface area (Å²) in [6.45, 7) is -0.544.